The molecule has 0 bridgehead atoms. The van der Waals surface area contributed by atoms with Gasteiger partial charge in [-0.05, 0) is 18.2 Å². The lowest BCUT2D eigenvalue weighted by Crippen LogP contribution is -2.26. The number of oxime groups is 1. The number of anilines is 2. The predicted octanol–water partition coefficient (Wildman–Crippen LogP) is 3.34. The van der Waals surface area contributed by atoms with Crippen molar-refractivity contribution in [1.29, 1.82) is 0 Å². The molecule has 0 spiro atoms. The van der Waals surface area contributed by atoms with Crippen molar-refractivity contribution in [2.24, 2.45) is 5.16 Å². The Balaban J connectivity index is 1.52. The third kappa shape index (κ3) is 4.85. The maximum atomic E-state index is 12.6. The van der Waals surface area contributed by atoms with Crippen LogP contribution >= 0.6 is 11.6 Å². The van der Waals surface area contributed by atoms with E-state index in [-0.39, 0.29) is 29.5 Å². The quantitative estimate of drug-likeness (QED) is 0.805. The Labute approximate surface area is 156 Å². The SMILES string of the molecule is O=C(Nc1cccnc1)C1=NO[C@H](CNc2ncc(C(F)(F)F)cc2Cl)C1. The number of halogens is 4. The topological polar surface area (TPSA) is 88.5 Å². The minimum Gasteiger partial charge on any atom is -0.390 e. The highest BCUT2D eigenvalue weighted by Gasteiger charge is 2.32. The van der Waals surface area contributed by atoms with Gasteiger partial charge in [-0.25, -0.2) is 4.98 Å². The number of hydrogen-bond acceptors (Lipinski definition) is 6. The Morgan fingerprint density at radius 3 is 2.85 bits per heavy atom. The van der Waals surface area contributed by atoms with Crippen LogP contribution in [0.4, 0.5) is 24.7 Å². The van der Waals surface area contributed by atoms with Gasteiger partial charge in [0.15, 0.2) is 6.10 Å². The fraction of sp³-hybridized carbons (Fsp3) is 0.250. The maximum absolute atomic E-state index is 12.6. The minimum atomic E-state index is -4.52. The van der Waals surface area contributed by atoms with Crippen LogP contribution in [0.25, 0.3) is 0 Å². The van der Waals surface area contributed by atoms with Crippen LogP contribution in [0.1, 0.15) is 12.0 Å². The highest BCUT2D eigenvalue weighted by Crippen LogP contribution is 2.32. The summed E-state index contributed by atoms with van der Waals surface area (Å²) in [6.07, 6.45) is -1.03. The van der Waals surface area contributed by atoms with E-state index < -0.39 is 23.8 Å². The number of carbonyl (C=O) groups is 1. The fourth-order valence-corrected chi connectivity index (χ4v) is 2.48. The minimum absolute atomic E-state index is 0.0847. The molecule has 1 atom stereocenters. The zero-order valence-corrected chi connectivity index (χ0v) is 14.4. The molecular weight excluding hydrogens is 387 g/mol. The number of nitrogens with one attached hydrogen (secondary N) is 2. The summed E-state index contributed by atoms with van der Waals surface area (Å²) in [5, 5.41) is 9.00. The Hall–Kier alpha value is -2.88. The van der Waals surface area contributed by atoms with Gasteiger partial charge in [0.05, 0.1) is 29.0 Å². The van der Waals surface area contributed by atoms with Gasteiger partial charge in [-0.2, -0.15) is 13.2 Å². The van der Waals surface area contributed by atoms with E-state index >= 15 is 0 Å². The first-order valence-corrected chi connectivity index (χ1v) is 8.11. The van der Waals surface area contributed by atoms with Crippen LogP contribution in [0, 0.1) is 0 Å². The number of nitrogens with zero attached hydrogens (tertiary/aromatic N) is 3. The second-order valence-corrected chi connectivity index (χ2v) is 6.01. The predicted molar refractivity (Wildman–Crippen MR) is 92.5 cm³/mol. The molecule has 11 heteroatoms. The van der Waals surface area contributed by atoms with Crippen LogP contribution in [-0.2, 0) is 15.8 Å². The lowest BCUT2D eigenvalue weighted by atomic mass is 10.1. The zero-order valence-electron chi connectivity index (χ0n) is 13.6. The molecule has 0 aliphatic carbocycles. The highest BCUT2D eigenvalue weighted by atomic mass is 35.5. The van der Waals surface area contributed by atoms with Gasteiger partial charge in [0.1, 0.15) is 11.5 Å². The summed E-state index contributed by atoms with van der Waals surface area (Å²) in [5.74, 6) is -0.335. The van der Waals surface area contributed by atoms with E-state index in [2.05, 4.69) is 25.8 Å². The summed E-state index contributed by atoms with van der Waals surface area (Å²) in [4.78, 5) is 24.8. The lowest BCUT2D eigenvalue weighted by Gasteiger charge is -2.13. The van der Waals surface area contributed by atoms with Crippen LogP contribution in [0.15, 0.2) is 41.9 Å². The Morgan fingerprint density at radius 2 is 2.19 bits per heavy atom. The van der Waals surface area contributed by atoms with Crippen LogP contribution in [0.2, 0.25) is 5.02 Å². The van der Waals surface area contributed by atoms with Gasteiger partial charge in [-0.15, -0.1) is 0 Å². The smallest absolute Gasteiger partial charge is 0.390 e. The molecule has 0 saturated carbocycles. The van der Waals surface area contributed by atoms with Gasteiger partial charge in [0.25, 0.3) is 5.91 Å². The standard InChI is InChI=1S/C16H13ClF3N5O2/c17-12-4-9(16(18,19)20)6-22-14(12)23-8-11-5-13(25-27-11)15(26)24-10-2-1-3-21-7-10/h1-4,6-7,11H,5,8H2,(H,22,23)(H,24,26)/t11-/m0/s1. The number of hydrogen-bond donors (Lipinski definition) is 2. The molecule has 1 amide bonds. The summed E-state index contributed by atoms with van der Waals surface area (Å²) in [5.41, 5.74) is -0.225. The largest absolute Gasteiger partial charge is 0.417 e. The molecule has 3 heterocycles. The van der Waals surface area contributed by atoms with E-state index in [4.69, 9.17) is 16.4 Å². The van der Waals surface area contributed by atoms with Crippen molar-refractivity contribution >= 4 is 34.7 Å². The number of alkyl halides is 3. The van der Waals surface area contributed by atoms with E-state index in [9.17, 15) is 18.0 Å². The first-order chi connectivity index (χ1) is 12.8. The molecule has 1 aliphatic heterocycles. The number of amides is 1. The third-order valence-corrected chi connectivity index (χ3v) is 3.87. The lowest BCUT2D eigenvalue weighted by molar-refractivity contribution is -0.137. The van der Waals surface area contributed by atoms with Crippen molar-refractivity contribution in [3.8, 4) is 0 Å². The monoisotopic (exact) mass is 399 g/mol. The van der Waals surface area contributed by atoms with Gasteiger partial charge in [0.2, 0.25) is 0 Å². The molecule has 0 fully saturated rings. The molecule has 3 rings (SSSR count). The van der Waals surface area contributed by atoms with E-state index in [0.29, 0.717) is 11.9 Å². The average Bonchev–Trinajstić information content (AvgIpc) is 3.10. The Morgan fingerprint density at radius 1 is 1.37 bits per heavy atom. The molecular formula is C16H13ClF3N5O2. The number of aromatic nitrogens is 2. The number of rotatable bonds is 5. The molecule has 0 saturated heterocycles. The van der Waals surface area contributed by atoms with Crippen molar-refractivity contribution < 1.29 is 22.8 Å². The van der Waals surface area contributed by atoms with Crippen LogP contribution in [-0.4, -0.2) is 34.2 Å². The summed E-state index contributed by atoms with van der Waals surface area (Å²) in [6.45, 7) is 0.158. The van der Waals surface area contributed by atoms with Gasteiger partial charge in [0, 0.05) is 18.8 Å². The fourth-order valence-electron chi connectivity index (χ4n) is 2.25. The first-order valence-electron chi connectivity index (χ1n) is 7.73. The highest BCUT2D eigenvalue weighted by molar-refractivity contribution is 6.43. The van der Waals surface area contributed by atoms with E-state index in [1.165, 1.54) is 6.20 Å². The zero-order chi connectivity index (χ0) is 19.4. The van der Waals surface area contributed by atoms with E-state index in [1.807, 2.05) is 0 Å². The second-order valence-electron chi connectivity index (χ2n) is 5.60. The van der Waals surface area contributed by atoms with Crippen molar-refractivity contribution in [2.45, 2.75) is 18.7 Å². The molecule has 0 radical (unpaired) electrons. The molecule has 2 aromatic heterocycles. The molecule has 2 aromatic rings. The first kappa shape index (κ1) is 18.9. The molecule has 0 aromatic carbocycles. The number of pyridine rings is 2. The second kappa shape index (κ2) is 7.78. The summed E-state index contributed by atoms with van der Waals surface area (Å²) >= 11 is 5.83. The van der Waals surface area contributed by atoms with Crippen LogP contribution < -0.4 is 10.6 Å². The van der Waals surface area contributed by atoms with Gasteiger partial charge >= 0.3 is 6.18 Å². The van der Waals surface area contributed by atoms with Crippen molar-refractivity contribution in [3.05, 3.63) is 47.4 Å². The summed E-state index contributed by atoms with van der Waals surface area (Å²) in [7, 11) is 0. The maximum Gasteiger partial charge on any atom is 0.417 e. The van der Waals surface area contributed by atoms with Crippen LogP contribution in [0.3, 0.4) is 0 Å². The number of carbonyl (C=O) groups excluding carboxylic acids is 1. The summed E-state index contributed by atoms with van der Waals surface area (Å²) in [6, 6.07) is 4.14. The van der Waals surface area contributed by atoms with Gasteiger partial charge < -0.3 is 15.5 Å². The molecule has 142 valence electrons. The molecule has 1 aliphatic rings. The molecule has 2 N–H and O–H groups in total. The van der Waals surface area contributed by atoms with Crippen molar-refractivity contribution in [2.75, 3.05) is 17.2 Å². The normalized spacial score (nSPS) is 16.4. The Bertz CT molecular complexity index is 861. The van der Waals surface area contributed by atoms with Gasteiger partial charge in [-0.3, -0.25) is 9.78 Å². The Kier molecular flexibility index (Phi) is 5.45. The van der Waals surface area contributed by atoms with Crippen LogP contribution in [0.5, 0.6) is 0 Å². The third-order valence-electron chi connectivity index (χ3n) is 3.58. The van der Waals surface area contributed by atoms with E-state index in [1.54, 1.807) is 18.3 Å². The molecule has 27 heavy (non-hydrogen) atoms. The van der Waals surface area contributed by atoms with Crippen molar-refractivity contribution in [3.63, 3.8) is 0 Å². The van der Waals surface area contributed by atoms with E-state index in [0.717, 1.165) is 6.07 Å². The molecule has 7 nitrogen and oxygen atoms in total. The average molecular weight is 400 g/mol. The van der Waals surface area contributed by atoms with Gasteiger partial charge in [-0.1, -0.05) is 16.8 Å². The molecule has 0 unspecified atom stereocenters. The van der Waals surface area contributed by atoms with Crippen molar-refractivity contribution in [1.82, 2.24) is 9.97 Å². The summed E-state index contributed by atoms with van der Waals surface area (Å²) < 4.78 is 37.8.